The Morgan fingerprint density at radius 2 is 2.27 bits per heavy atom. The molecule has 1 fully saturated rings. The maximum atomic E-state index is 11.6. The van der Waals surface area contributed by atoms with E-state index in [0.29, 0.717) is 6.42 Å². The van der Waals surface area contributed by atoms with E-state index in [0.717, 1.165) is 22.8 Å². The van der Waals surface area contributed by atoms with Gasteiger partial charge in [0.15, 0.2) is 0 Å². The van der Waals surface area contributed by atoms with Crippen molar-refractivity contribution in [2.45, 2.75) is 18.2 Å². The first-order valence-electron chi connectivity index (χ1n) is 4.78. The summed E-state index contributed by atoms with van der Waals surface area (Å²) in [5, 5.41) is 0.737. The normalized spacial score (nSPS) is 21.1. The SMILES string of the molecule is Cc1cc(N2CC(Br)CC2=O)ccc1Cl. The molecule has 15 heavy (non-hydrogen) atoms. The Bertz CT molecular complexity index is 408. The first kappa shape index (κ1) is 11.0. The van der Waals surface area contributed by atoms with Crippen LogP contribution in [0.15, 0.2) is 18.2 Å². The summed E-state index contributed by atoms with van der Waals surface area (Å²) in [6.07, 6.45) is 0.571. The van der Waals surface area contributed by atoms with E-state index < -0.39 is 0 Å². The molecule has 1 aromatic rings. The van der Waals surface area contributed by atoms with E-state index in [1.165, 1.54) is 0 Å². The molecule has 0 N–H and O–H groups in total. The van der Waals surface area contributed by atoms with Gasteiger partial charge in [-0.25, -0.2) is 0 Å². The fraction of sp³-hybridized carbons (Fsp3) is 0.364. The van der Waals surface area contributed by atoms with Crippen molar-refractivity contribution in [2.24, 2.45) is 0 Å². The zero-order valence-corrected chi connectivity index (χ0v) is 10.7. The minimum atomic E-state index is 0.165. The topological polar surface area (TPSA) is 20.3 Å². The number of halogens is 2. The molecule has 1 unspecified atom stereocenters. The van der Waals surface area contributed by atoms with E-state index in [4.69, 9.17) is 11.6 Å². The van der Waals surface area contributed by atoms with Gasteiger partial charge in [0, 0.05) is 28.5 Å². The van der Waals surface area contributed by atoms with Gasteiger partial charge in [0.1, 0.15) is 0 Å². The lowest BCUT2D eigenvalue weighted by Crippen LogP contribution is -2.24. The lowest BCUT2D eigenvalue weighted by atomic mass is 10.2. The van der Waals surface area contributed by atoms with Gasteiger partial charge in [-0.05, 0) is 30.7 Å². The highest BCUT2D eigenvalue weighted by atomic mass is 79.9. The molecule has 1 aliphatic heterocycles. The molecule has 4 heteroatoms. The van der Waals surface area contributed by atoms with Crippen LogP contribution in [0.4, 0.5) is 5.69 Å². The Kier molecular flexibility index (Phi) is 3.03. The summed E-state index contributed by atoms with van der Waals surface area (Å²) in [5.41, 5.74) is 1.93. The van der Waals surface area contributed by atoms with Crippen LogP contribution in [0.5, 0.6) is 0 Å². The Balaban J connectivity index is 2.30. The Hall–Kier alpha value is -0.540. The fourth-order valence-corrected chi connectivity index (χ4v) is 2.39. The molecule has 1 heterocycles. The molecular weight excluding hydrogens is 277 g/mol. The minimum absolute atomic E-state index is 0.165. The van der Waals surface area contributed by atoms with Crippen molar-refractivity contribution >= 4 is 39.1 Å². The number of hydrogen-bond acceptors (Lipinski definition) is 1. The summed E-state index contributed by atoms with van der Waals surface area (Å²) in [6.45, 7) is 2.68. The Labute approximate surface area is 102 Å². The van der Waals surface area contributed by atoms with E-state index in [9.17, 15) is 4.79 Å². The minimum Gasteiger partial charge on any atom is -0.311 e. The van der Waals surface area contributed by atoms with E-state index in [1.807, 2.05) is 25.1 Å². The lowest BCUT2D eigenvalue weighted by molar-refractivity contribution is -0.117. The van der Waals surface area contributed by atoms with Gasteiger partial charge >= 0.3 is 0 Å². The Morgan fingerprint density at radius 3 is 2.80 bits per heavy atom. The largest absolute Gasteiger partial charge is 0.311 e. The van der Waals surface area contributed by atoms with Gasteiger partial charge in [-0.15, -0.1) is 0 Å². The van der Waals surface area contributed by atoms with Crippen molar-refractivity contribution in [2.75, 3.05) is 11.4 Å². The highest BCUT2D eigenvalue weighted by Gasteiger charge is 2.28. The summed E-state index contributed by atoms with van der Waals surface area (Å²) in [7, 11) is 0. The Morgan fingerprint density at radius 1 is 1.53 bits per heavy atom. The first-order chi connectivity index (χ1) is 7.08. The molecule has 0 spiro atoms. The number of carbonyl (C=O) groups excluding carboxylic acids is 1. The van der Waals surface area contributed by atoms with Crippen LogP contribution in [0.2, 0.25) is 5.02 Å². The lowest BCUT2D eigenvalue weighted by Gasteiger charge is -2.16. The molecule has 2 rings (SSSR count). The zero-order valence-electron chi connectivity index (χ0n) is 8.34. The van der Waals surface area contributed by atoms with Crippen LogP contribution in [-0.2, 0) is 4.79 Å². The third-order valence-corrected chi connectivity index (χ3v) is 3.57. The maximum absolute atomic E-state index is 11.6. The number of rotatable bonds is 1. The van der Waals surface area contributed by atoms with Gasteiger partial charge in [0.05, 0.1) is 0 Å². The molecule has 1 aromatic carbocycles. The van der Waals surface area contributed by atoms with E-state index in [1.54, 1.807) is 4.90 Å². The van der Waals surface area contributed by atoms with Gasteiger partial charge < -0.3 is 4.90 Å². The highest BCUT2D eigenvalue weighted by molar-refractivity contribution is 9.09. The molecule has 1 atom stereocenters. The predicted octanol–water partition coefficient (Wildman–Crippen LogP) is 3.15. The summed E-state index contributed by atoms with van der Waals surface area (Å²) in [5.74, 6) is 0.165. The summed E-state index contributed by atoms with van der Waals surface area (Å²) in [6, 6.07) is 5.67. The van der Waals surface area contributed by atoms with Gasteiger partial charge in [0.2, 0.25) is 5.91 Å². The van der Waals surface area contributed by atoms with E-state index >= 15 is 0 Å². The second-order valence-electron chi connectivity index (χ2n) is 3.74. The molecule has 80 valence electrons. The smallest absolute Gasteiger partial charge is 0.228 e. The quantitative estimate of drug-likeness (QED) is 0.727. The molecule has 0 aromatic heterocycles. The van der Waals surface area contributed by atoms with Crippen LogP contribution in [0.25, 0.3) is 0 Å². The van der Waals surface area contributed by atoms with Gasteiger partial charge in [-0.1, -0.05) is 27.5 Å². The summed E-state index contributed by atoms with van der Waals surface area (Å²) < 4.78 is 0. The van der Waals surface area contributed by atoms with Crippen LogP contribution in [-0.4, -0.2) is 17.3 Å². The number of aryl methyl sites for hydroxylation is 1. The van der Waals surface area contributed by atoms with Gasteiger partial charge in [-0.2, -0.15) is 0 Å². The molecule has 1 saturated heterocycles. The molecule has 2 nitrogen and oxygen atoms in total. The second-order valence-corrected chi connectivity index (χ2v) is 5.44. The highest BCUT2D eigenvalue weighted by Crippen LogP contribution is 2.28. The number of carbonyl (C=O) groups is 1. The van der Waals surface area contributed by atoms with Crippen LogP contribution in [0, 0.1) is 6.92 Å². The van der Waals surface area contributed by atoms with Crippen LogP contribution in [0.3, 0.4) is 0 Å². The molecular formula is C11H11BrClNO. The standard InChI is InChI=1S/C11H11BrClNO/c1-7-4-9(2-3-10(7)13)14-6-8(12)5-11(14)15/h2-4,8H,5-6H2,1H3. The molecule has 0 saturated carbocycles. The molecule has 0 bridgehead atoms. The number of amides is 1. The summed E-state index contributed by atoms with van der Waals surface area (Å²) >= 11 is 9.40. The number of benzene rings is 1. The second kappa shape index (κ2) is 4.14. The number of anilines is 1. The molecule has 0 radical (unpaired) electrons. The van der Waals surface area contributed by atoms with Crippen molar-refractivity contribution in [3.8, 4) is 0 Å². The van der Waals surface area contributed by atoms with Crippen molar-refractivity contribution in [1.29, 1.82) is 0 Å². The molecule has 0 aliphatic carbocycles. The molecule has 1 aliphatic rings. The zero-order chi connectivity index (χ0) is 11.0. The number of alkyl halides is 1. The van der Waals surface area contributed by atoms with Crippen LogP contribution >= 0.6 is 27.5 Å². The average molecular weight is 289 g/mol. The predicted molar refractivity (Wildman–Crippen MR) is 65.9 cm³/mol. The third kappa shape index (κ3) is 2.18. The van der Waals surface area contributed by atoms with Gasteiger partial charge in [-0.3, -0.25) is 4.79 Å². The van der Waals surface area contributed by atoms with Crippen molar-refractivity contribution in [3.63, 3.8) is 0 Å². The van der Waals surface area contributed by atoms with Crippen molar-refractivity contribution in [1.82, 2.24) is 0 Å². The van der Waals surface area contributed by atoms with E-state index in [-0.39, 0.29) is 10.7 Å². The molecule has 1 amide bonds. The first-order valence-corrected chi connectivity index (χ1v) is 6.08. The van der Waals surface area contributed by atoms with Gasteiger partial charge in [0.25, 0.3) is 0 Å². The summed E-state index contributed by atoms with van der Waals surface area (Å²) in [4.78, 5) is 13.7. The van der Waals surface area contributed by atoms with Crippen LogP contribution in [0.1, 0.15) is 12.0 Å². The van der Waals surface area contributed by atoms with Crippen molar-refractivity contribution in [3.05, 3.63) is 28.8 Å². The monoisotopic (exact) mass is 287 g/mol. The average Bonchev–Trinajstić information content (AvgIpc) is 2.50. The number of hydrogen-bond donors (Lipinski definition) is 0. The maximum Gasteiger partial charge on any atom is 0.228 e. The van der Waals surface area contributed by atoms with Crippen LogP contribution < -0.4 is 4.90 Å². The van der Waals surface area contributed by atoms with Crippen molar-refractivity contribution < 1.29 is 4.79 Å². The third-order valence-electron chi connectivity index (χ3n) is 2.53. The fourth-order valence-electron chi connectivity index (χ4n) is 1.71. The number of nitrogens with zero attached hydrogens (tertiary/aromatic N) is 1. The van der Waals surface area contributed by atoms with E-state index in [2.05, 4.69) is 15.9 Å².